The first-order valence-electron chi connectivity index (χ1n) is 10.4. The number of aromatic nitrogens is 2. The van der Waals surface area contributed by atoms with Crippen LogP contribution in [0.15, 0.2) is 93.2 Å². The first-order valence-corrected chi connectivity index (χ1v) is 10.4. The Bertz CT molecular complexity index is 1480. The second-order valence-corrected chi connectivity index (χ2v) is 7.34. The van der Waals surface area contributed by atoms with Crippen LogP contribution in [0.5, 0.6) is 11.5 Å². The largest absolute Gasteiger partial charge is 0.510 e. The number of allylic oxidation sites excluding steroid dienone is 1. The highest BCUT2D eigenvalue weighted by molar-refractivity contribution is 6.04. The monoisotopic (exact) mass is 474 g/mol. The van der Waals surface area contributed by atoms with Crippen LogP contribution in [0.3, 0.4) is 0 Å². The topological polar surface area (TPSA) is 167 Å². The maximum Gasteiger partial charge on any atom is 0.323 e. The van der Waals surface area contributed by atoms with Crippen LogP contribution in [0, 0.1) is 0 Å². The predicted octanol–water partition coefficient (Wildman–Crippen LogP) is 4.37. The Morgan fingerprint density at radius 2 is 1.69 bits per heavy atom. The Morgan fingerprint density at radius 1 is 1.00 bits per heavy atom. The Balaban J connectivity index is 1.46. The van der Waals surface area contributed by atoms with Gasteiger partial charge in [-0.1, -0.05) is 24.3 Å². The van der Waals surface area contributed by atoms with Crippen molar-refractivity contribution in [1.29, 1.82) is 0 Å². The standard InChI is InChI=1S/C24H22N6O5/c1-14(31)22(23(32)26-15-10-11-17-19(12-15)28-24(33)27-17)30-29-18-7-3-5-9-21(18)35-13-34-20-8-4-2-6-16(20)25/h2-12,31H,13,25H2,1H3,(H,26,32)(H2,27,28,33)/b22-14+,30-29?. The van der Waals surface area contributed by atoms with E-state index in [0.29, 0.717) is 39.6 Å². The maximum absolute atomic E-state index is 12.7. The van der Waals surface area contributed by atoms with Crippen LogP contribution in [0.4, 0.5) is 17.1 Å². The number of nitrogens with one attached hydrogen (secondary N) is 3. The summed E-state index contributed by atoms with van der Waals surface area (Å²) in [6.45, 7) is 1.19. The number of rotatable bonds is 8. The highest BCUT2D eigenvalue weighted by Gasteiger charge is 2.15. The van der Waals surface area contributed by atoms with Gasteiger partial charge in [0, 0.05) is 5.69 Å². The van der Waals surface area contributed by atoms with Crippen molar-refractivity contribution in [2.45, 2.75) is 6.92 Å². The van der Waals surface area contributed by atoms with Gasteiger partial charge in [0.25, 0.3) is 5.91 Å². The molecule has 0 bridgehead atoms. The van der Waals surface area contributed by atoms with Gasteiger partial charge < -0.3 is 35.6 Å². The molecule has 0 radical (unpaired) electrons. The molecule has 1 heterocycles. The first kappa shape index (κ1) is 23.1. The summed E-state index contributed by atoms with van der Waals surface area (Å²) in [5.74, 6) is -0.190. The van der Waals surface area contributed by atoms with Crippen molar-refractivity contribution in [2.24, 2.45) is 10.2 Å². The Morgan fingerprint density at radius 3 is 2.46 bits per heavy atom. The van der Waals surface area contributed by atoms with E-state index in [4.69, 9.17) is 15.2 Å². The number of carbonyl (C=O) groups excluding carboxylic acids is 1. The first-order chi connectivity index (χ1) is 16.9. The molecule has 0 atom stereocenters. The summed E-state index contributed by atoms with van der Waals surface area (Å²) >= 11 is 0. The fourth-order valence-electron chi connectivity index (χ4n) is 3.12. The van der Waals surface area contributed by atoms with Crippen molar-refractivity contribution in [1.82, 2.24) is 9.97 Å². The van der Waals surface area contributed by atoms with Crippen molar-refractivity contribution in [3.8, 4) is 11.5 Å². The lowest BCUT2D eigenvalue weighted by Gasteiger charge is -2.11. The van der Waals surface area contributed by atoms with Gasteiger partial charge in [0.15, 0.2) is 11.4 Å². The third-order valence-electron chi connectivity index (χ3n) is 4.80. The number of ether oxygens (including phenoxy) is 2. The summed E-state index contributed by atoms with van der Waals surface area (Å²) in [5.41, 5.74) is 7.50. The molecule has 0 aliphatic heterocycles. The number of amides is 1. The Hall–Kier alpha value is -5.06. The van der Waals surface area contributed by atoms with Crippen molar-refractivity contribution in [3.05, 3.63) is 88.7 Å². The number of anilines is 2. The molecule has 4 aromatic rings. The minimum Gasteiger partial charge on any atom is -0.510 e. The van der Waals surface area contributed by atoms with Gasteiger partial charge in [-0.25, -0.2) is 4.79 Å². The molecule has 0 saturated heterocycles. The van der Waals surface area contributed by atoms with Crippen LogP contribution < -0.4 is 26.2 Å². The molecule has 6 N–H and O–H groups in total. The van der Waals surface area contributed by atoms with Crippen LogP contribution in [0.1, 0.15) is 6.92 Å². The molecule has 0 aliphatic rings. The Kier molecular flexibility index (Phi) is 6.77. The number of azo groups is 1. The van der Waals surface area contributed by atoms with Crippen molar-refractivity contribution in [3.63, 3.8) is 0 Å². The molecular formula is C24H22N6O5. The second-order valence-electron chi connectivity index (χ2n) is 7.34. The summed E-state index contributed by atoms with van der Waals surface area (Å²) in [4.78, 5) is 29.4. The van der Waals surface area contributed by atoms with E-state index in [1.54, 1.807) is 66.7 Å². The van der Waals surface area contributed by atoms with Gasteiger partial charge in [0.05, 0.1) is 16.7 Å². The predicted molar refractivity (Wildman–Crippen MR) is 131 cm³/mol. The number of carbonyl (C=O) groups is 1. The molecule has 11 nitrogen and oxygen atoms in total. The maximum atomic E-state index is 12.7. The van der Waals surface area contributed by atoms with Gasteiger partial charge in [-0.2, -0.15) is 0 Å². The molecule has 0 aliphatic carbocycles. The van der Waals surface area contributed by atoms with Crippen LogP contribution in [0.25, 0.3) is 11.0 Å². The number of H-pyrrole nitrogens is 2. The third-order valence-corrected chi connectivity index (χ3v) is 4.80. The number of fused-ring (bicyclic) bond motifs is 1. The lowest BCUT2D eigenvalue weighted by Crippen LogP contribution is -2.14. The van der Waals surface area contributed by atoms with E-state index in [1.165, 1.54) is 6.92 Å². The summed E-state index contributed by atoms with van der Waals surface area (Å²) in [5, 5.41) is 20.7. The molecular weight excluding hydrogens is 452 g/mol. The molecule has 3 aromatic carbocycles. The van der Waals surface area contributed by atoms with E-state index in [1.807, 2.05) is 0 Å². The minimum absolute atomic E-state index is 0.132. The molecule has 35 heavy (non-hydrogen) atoms. The number of aromatic amines is 2. The number of nitrogens with zero attached hydrogens (tertiary/aromatic N) is 2. The van der Waals surface area contributed by atoms with E-state index in [2.05, 4.69) is 25.5 Å². The lowest BCUT2D eigenvalue weighted by atomic mass is 10.2. The summed E-state index contributed by atoms with van der Waals surface area (Å²) in [6, 6.07) is 18.6. The van der Waals surface area contributed by atoms with Crippen molar-refractivity contribution >= 4 is 34.0 Å². The molecule has 0 spiro atoms. The summed E-state index contributed by atoms with van der Waals surface area (Å²) in [7, 11) is 0. The average molecular weight is 474 g/mol. The molecule has 1 aromatic heterocycles. The number of para-hydroxylation sites is 3. The van der Waals surface area contributed by atoms with E-state index in [0.717, 1.165) is 0 Å². The fourth-order valence-corrected chi connectivity index (χ4v) is 3.12. The number of nitrogen functional groups attached to an aromatic ring is 1. The highest BCUT2D eigenvalue weighted by atomic mass is 16.7. The number of hydrogen-bond donors (Lipinski definition) is 5. The number of hydrogen-bond acceptors (Lipinski definition) is 8. The molecule has 0 saturated carbocycles. The normalized spacial score (nSPS) is 11.9. The lowest BCUT2D eigenvalue weighted by molar-refractivity contribution is -0.113. The third kappa shape index (κ3) is 5.66. The Labute approximate surface area is 198 Å². The van der Waals surface area contributed by atoms with Gasteiger partial charge in [-0.05, 0) is 49.4 Å². The van der Waals surface area contributed by atoms with Gasteiger partial charge in [-0.15, -0.1) is 10.2 Å². The van der Waals surface area contributed by atoms with Gasteiger partial charge in [0.1, 0.15) is 17.2 Å². The van der Waals surface area contributed by atoms with E-state index in [-0.39, 0.29) is 23.9 Å². The number of aliphatic hydroxyl groups is 1. The summed E-state index contributed by atoms with van der Waals surface area (Å²) < 4.78 is 11.2. The number of imidazole rings is 1. The van der Waals surface area contributed by atoms with Gasteiger partial charge in [0.2, 0.25) is 6.79 Å². The van der Waals surface area contributed by atoms with E-state index >= 15 is 0 Å². The van der Waals surface area contributed by atoms with Gasteiger partial charge >= 0.3 is 5.69 Å². The SMILES string of the molecule is C/C(O)=C(\N=Nc1ccccc1OCOc1ccccc1N)C(=O)Nc1ccc2[nH]c(=O)[nH]c2c1. The van der Waals surface area contributed by atoms with Crippen LogP contribution in [-0.4, -0.2) is 27.8 Å². The zero-order chi connectivity index (χ0) is 24.8. The highest BCUT2D eigenvalue weighted by Crippen LogP contribution is 2.29. The number of benzene rings is 3. The molecule has 178 valence electrons. The molecule has 0 fully saturated rings. The number of aliphatic hydroxyl groups excluding tert-OH is 1. The van der Waals surface area contributed by atoms with Crippen LogP contribution >= 0.6 is 0 Å². The van der Waals surface area contributed by atoms with Gasteiger partial charge in [-0.3, -0.25) is 4.79 Å². The van der Waals surface area contributed by atoms with Crippen molar-refractivity contribution in [2.75, 3.05) is 17.8 Å². The minimum atomic E-state index is -0.688. The average Bonchev–Trinajstić information content (AvgIpc) is 3.20. The smallest absolute Gasteiger partial charge is 0.323 e. The van der Waals surface area contributed by atoms with Crippen LogP contribution in [-0.2, 0) is 4.79 Å². The zero-order valence-electron chi connectivity index (χ0n) is 18.6. The molecule has 0 unspecified atom stereocenters. The number of nitrogens with two attached hydrogens (primary N) is 1. The van der Waals surface area contributed by atoms with E-state index < -0.39 is 5.91 Å². The molecule has 1 amide bonds. The zero-order valence-corrected chi connectivity index (χ0v) is 18.6. The second kappa shape index (κ2) is 10.3. The van der Waals surface area contributed by atoms with Crippen LogP contribution in [0.2, 0.25) is 0 Å². The molecule has 11 heteroatoms. The van der Waals surface area contributed by atoms with E-state index in [9.17, 15) is 14.7 Å². The van der Waals surface area contributed by atoms with Crippen molar-refractivity contribution < 1.29 is 19.4 Å². The quantitative estimate of drug-likeness (QED) is 0.0836. The molecule has 4 rings (SSSR count). The summed E-state index contributed by atoms with van der Waals surface area (Å²) in [6.07, 6.45) is 0. The fraction of sp³-hybridized carbons (Fsp3) is 0.0833.